The average Bonchev–Trinajstić information content (AvgIpc) is 3.62. The van der Waals surface area contributed by atoms with Crippen molar-refractivity contribution in [1.29, 1.82) is 0 Å². The minimum Gasteiger partial charge on any atom is -0.312 e. The molecule has 0 aromatic heterocycles. The Labute approximate surface area is 451 Å². The predicted molar refractivity (Wildman–Crippen MR) is 325 cm³/mol. The zero-order valence-corrected chi connectivity index (χ0v) is 42.5. The third kappa shape index (κ3) is 5.01. The summed E-state index contributed by atoms with van der Waals surface area (Å²) >= 11 is 3.88. The van der Waals surface area contributed by atoms with Crippen LogP contribution in [0.5, 0.6) is 0 Å². The molecule has 0 aliphatic carbocycles. The summed E-state index contributed by atoms with van der Waals surface area (Å²) in [6.45, 7) is 0.148. The van der Waals surface area contributed by atoms with Gasteiger partial charge in [0.15, 0.2) is 0 Å². The highest BCUT2D eigenvalue weighted by Crippen LogP contribution is 2.52. The Hall–Kier alpha value is -8.42. The van der Waals surface area contributed by atoms with Crippen molar-refractivity contribution in [2.75, 3.05) is 19.6 Å². The van der Waals surface area contributed by atoms with Gasteiger partial charge in [-0.2, -0.15) is 0 Å². The first-order valence-corrected chi connectivity index (χ1v) is 28.2. The summed E-state index contributed by atoms with van der Waals surface area (Å²) in [7, 11) is 0. The van der Waals surface area contributed by atoms with Gasteiger partial charge in [-0.1, -0.05) is 186 Å². The highest BCUT2D eigenvalue weighted by molar-refractivity contribution is 8.00. The van der Waals surface area contributed by atoms with E-state index in [0.717, 1.165) is 11.4 Å². The van der Waals surface area contributed by atoms with Crippen LogP contribution in [0.4, 0.5) is 68.2 Å². The molecule has 0 amide bonds. The fourth-order valence-electron chi connectivity index (χ4n) is 15.2. The number of hydrogen-bond acceptors (Lipinski definition) is 6. The van der Waals surface area contributed by atoms with Crippen molar-refractivity contribution in [1.82, 2.24) is 0 Å². The van der Waals surface area contributed by atoms with Crippen molar-refractivity contribution in [2.45, 2.75) is 19.6 Å². The molecule has 0 N–H and O–H groups in total. The summed E-state index contributed by atoms with van der Waals surface area (Å²) in [6, 6.07) is 88.2. The molecule has 11 aromatic rings. The summed E-state index contributed by atoms with van der Waals surface area (Å²) in [5.74, 6) is 0. The van der Waals surface area contributed by atoms with Crippen LogP contribution in [-0.2, 0) is 0 Å². The molecule has 0 radical (unpaired) electrons. The summed E-state index contributed by atoms with van der Waals surface area (Å²) < 4.78 is 0. The second-order valence-electron chi connectivity index (χ2n) is 21.4. The molecule has 0 unspecified atom stereocenters. The molecular formula is C66H38B4N4S2. The van der Waals surface area contributed by atoms with Gasteiger partial charge in [0.1, 0.15) is 0 Å². The Bertz CT molecular complexity index is 4180. The monoisotopic (exact) mass is 994 g/mol. The van der Waals surface area contributed by atoms with E-state index in [9.17, 15) is 0 Å². The fourth-order valence-corrected chi connectivity index (χ4v) is 17.5. The van der Waals surface area contributed by atoms with Crippen molar-refractivity contribution in [3.63, 3.8) is 0 Å². The molecule has 0 bridgehead atoms. The Morgan fingerprint density at radius 1 is 0.224 bits per heavy atom. The van der Waals surface area contributed by atoms with E-state index in [4.69, 9.17) is 0 Å². The number of rotatable bonds is 2. The van der Waals surface area contributed by atoms with Crippen LogP contribution >= 0.6 is 23.5 Å². The van der Waals surface area contributed by atoms with Crippen molar-refractivity contribution < 1.29 is 0 Å². The molecule has 0 saturated heterocycles. The maximum absolute atomic E-state index is 2.69. The lowest BCUT2D eigenvalue weighted by atomic mass is 9.27. The van der Waals surface area contributed by atoms with E-state index >= 15 is 0 Å². The number of nitrogens with zero attached hydrogens (tertiary/aromatic N) is 4. The lowest BCUT2D eigenvalue weighted by Gasteiger charge is -2.51. The van der Waals surface area contributed by atoms with Gasteiger partial charge in [0.2, 0.25) is 13.4 Å². The molecule has 0 atom stereocenters. The van der Waals surface area contributed by atoms with Crippen LogP contribution in [0.2, 0.25) is 0 Å². The van der Waals surface area contributed by atoms with Gasteiger partial charge in [0.05, 0.1) is 0 Å². The molecule has 346 valence electrons. The fraction of sp³-hybridized carbons (Fsp3) is 0. The normalized spacial score (nSPS) is 15.1. The van der Waals surface area contributed by atoms with Crippen LogP contribution in [-0.4, -0.2) is 26.9 Å². The first-order valence-electron chi connectivity index (χ1n) is 26.6. The maximum atomic E-state index is 2.69. The van der Waals surface area contributed by atoms with Crippen molar-refractivity contribution in [3.8, 4) is 0 Å². The van der Waals surface area contributed by atoms with Gasteiger partial charge in [0.25, 0.3) is 13.4 Å². The van der Waals surface area contributed by atoms with Crippen LogP contribution in [0.25, 0.3) is 0 Å². The second-order valence-corrected chi connectivity index (χ2v) is 23.5. The van der Waals surface area contributed by atoms with E-state index < -0.39 is 0 Å². The van der Waals surface area contributed by atoms with Crippen LogP contribution in [0.15, 0.2) is 250 Å². The molecule has 8 heterocycles. The van der Waals surface area contributed by atoms with Gasteiger partial charge in [-0.25, -0.2) is 0 Å². The van der Waals surface area contributed by atoms with Crippen molar-refractivity contribution >= 4 is 184 Å². The summed E-state index contributed by atoms with van der Waals surface area (Å²) in [6.07, 6.45) is 0. The minimum absolute atomic E-state index is 0.0379. The Morgan fingerprint density at radius 3 is 0.947 bits per heavy atom. The van der Waals surface area contributed by atoms with Gasteiger partial charge in [-0.05, 0) is 133 Å². The topological polar surface area (TPSA) is 13.0 Å². The van der Waals surface area contributed by atoms with Crippen LogP contribution in [0.1, 0.15) is 0 Å². The maximum Gasteiger partial charge on any atom is 0.252 e. The molecule has 8 aliphatic rings. The summed E-state index contributed by atoms with van der Waals surface area (Å²) in [5.41, 5.74) is 31.5. The first kappa shape index (κ1) is 40.9. The Morgan fingerprint density at radius 2 is 0.553 bits per heavy atom. The van der Waals surface area contributed by atoms with Gasteiger partial charge < -0.3 is 19.6 Å². The summed E-state index contributed by atoms with van der Waals surface area (Å²) in [4.78, 5) is 15.9. The number of anilines is 12. The van der Waals surface area contributed by atoms with Crippen molar-refractivity contribution in [2.24, 2.45) is 0 Å². The SMILES string of the molecule is c1ccc(N2c3cc4c(cc3B3c5ccccc5N5c6ccccc6B6c7ccccc7Sc7cc2c3c5c76)B2c3ccccc3N3c5ccccc5B5c6ccccc6Sc6cc(c2c3c65)N4c2ccccc2)cc1. The van der Waals surface area contributed by atoms with Gasteiger partial charge >= 0.3 is 0 Å². The van der Waals surface area contributed by atoms with E-state index in [-0.39, 0.29) is 26.9 Å². The van der Waals surface area contributed by atoms with Gasteiger partial charge in [-0.15, -0.1) is 0 Å². The Kier molecular flexibility index (Phi) is 7.91. The number of hydrogen-bond donors (Lipinski definition) is 0. The third-order valence-electron chi connectivity index (χ3n) is 17.9. The van der Waals surface area contributed by atoms with Gasteiger partial charge in [0, 0.05) is 87.8 Å². The van der Waals surface area contributed by atoms with E-state index in [0.29, 0.717) is 0 Å². The molecule has 8 aliphatic heterocycles. The Balaban J connectivity index is 0.949. The quantitative estimate of drug-likeness (QED) is 0.160. The number of fused-ring (bicyclic) bond motifs is 20. The molecular weight excluding hydrogens is 956 g/mol. The summed E-state index contributed by atoms with van der Waals surface area (Å²) in [5, 5.41) is 0. The molecule has 11 aromatic carbocycles. The van der Waals surface area contributed by atoms with E-state index in [1.165, 1.54) is 142 Å². The zero-order chi connectivity index (χ0) is 49.1. The molecule has 10 heteroatoms. The highest BCUT2D eigenvalue weighted by Gasteiger charge is 2.54. The lowest BCUT2D eigenvalue weighted by molar-refractivity contribution is 1.22. The van der Waals surface area contributed by atoms with Crippen molar-refractivity contribution in [3.05, 3.63) is 231 Å². The second kappa shape index (κ2) is 14.7. The molecule has 19 rings (SSSR count). The van der Waals surface area contributed by atoms with E-state index in [1.807, 2.05) is 23.5 Å². The van der Waals surface area contributed by atoms with Crippen LogP contribution in [0.3, 0.4) is 0 Å². The number of para-hydroxylation sites is 6. The first-order chi connectivity index (χ1) is 37.8. The third-order valence-corrected chi connectivity index (χ3v) is 20.2. The smallest absolute Gasteiger partial charge is 0.252 e. The zero-order valence-electron chi connectivity index (χ0n) is 40.9. The van der Waals surface area contributed by atoms with Crippen LogP contribution in [0, 0.1) is 0 Å². The average molecular weight is 994 g/mol. The predicted octanol–water partition coefficient (Wildman–Crippen LogP) is 8.44. The highest BCUT2D eigenvalue weighted by atomic mass is 32.2. The van der Waals surface area contributed by atoms with E-state index in [1.54, 1.807) is 0 Å². The lowest BCUT2D eigenvalue weighted by Crippen LogP contribution is -2.70. The van der Waals surface area contributed by atoms with E-state index in [2.05, 4.69) is 250 Å². The number of benzene rings is 11. The molecule has 76 heavy (non-hydrogen) atoms. The van der Waals surface area contributed by atoms with Crippen LogP contribution < -0.4 is 85.2 Å². The molecule has 0 fully saturated rings. The van der Waals surface area contributed by atoms with Gasteiger partial charge in [-0.3, -0.25) is 0 Å². The standard InChI is InChI=1S/C66H38B4N4S2/c1-3-19-39(20-4-1)71-53-36-54-48(35-47(53)69-43-25-9-15-31-51(43)73-49-29-13-7-23-41(49)67-45-27-11-17-33-57(45)75-59-37-55(71)61(69)65(73)63(59)67)70-44-26-10-16-32-52(44)74-50-30-14-8-24-42(50)68-46-28-12-18-34-58(46)76-60-38-56(62(70)66(74)64(60)68)72(54)40-21-5-2-6-22-40/h1-38H. The molecule has 4 nitrogen and oxygen atoms in total. The largest absolute Gasteiger partial charge is 0.312 e. The molecule has 0 spiro atoms. The minimum atomic E-state index is -0.0379. The molecule has 0 saturated carbocycles.